The van der Waals surface area contributed by atoms with Gasteiger partial charge >= 0.3 is 0 Å². The highest BCUT2D eigenvalue weighted by Crippen LogP contribution is 2.20. The highest BCUT2D eigenvalue weighted by atomic mass is 16.5. The molecule has 1 amide bonds. The highest BCUT2D eigenvalue weighted by molar-refractivity contribution is 6.05. The highest BCUT2D eigenvalue weighted by Gasteiger charge is 2.19. The number of carbonyl (C=O) groups is 1. The van der Waals surface area contributed by atoms with Gasteiger partial charge in [0.05, 0.1) is 0 Å². The Kier molecular flexibility index (Phi) is 6.03. The molecule has 2 heterocycles. The zero-order chi connectivity index (χ0) is 20.1. The topological polar surface area (TPSA) is 74.2 Å². The molecular formula is C23H25N3O3. The van der Waals surface area contributed by atoms with Gasteiger partial charge in [0, 0.05) is 44.0 Å². The maximum Gasteiger partial charge on any atom is 0.273 e. The van der Waals surface area contributed by atoms with Crippen molar-refractivity contribution in [1.82, 2.24) is 4.90 Å². The summed E-state index contributed by atoms with van der Waals surface area (Å²) < 4.78 is 5.75. The molecule has 0 aromatic heterocycles. The van der Waals surface area contributed by atoms with E-state index in [4.69, 9.17) is 4.74 Å². The fraction of sp³-hybridized carbons (Fsp3) is 0.304. The van der Waals surface area contributed by atoms with E-state index in [0.717, 1.165) is 19.5 Å². The first-order chi connectivity index (χ1) is 14.2. The molecule has 0 spiro atoms. The predicted octanol–water partition coefficient (Wildman–Crippen LogP) is 2.78. The van der Waals surface area contributed by atoms with Gasteiger partial charge in [-0.05, 0) is 35.8 Å². The van der Waals surface area contributed by atoms with Crippen LogP contribution in [0.3, 0.4) is 0 Å². The summed E-state index contributed by atoms with van der Waals surface area (Å²) in [4.78, 5) is 18.4. The molecule has 2 aliphatic heterocycles. The van der Waals surface area contributed by atoms with E-state index in [2.05, 4.69) is 39.5 Å². The number of β-amino-alcohol motifs (C(OH)–C–C–N with tert-alkyl or cyclic N) is 1. The lowest BCUT2D eigenvalue weighted by atomic mass is 10.00. The van der Waals surface area contributed by atoms with Crippen LogP contribution in [0.2, 0.25) is 0 Å². The Hall–Kier alpha value is -2.96. The van der Waals surface area contributed by atoms with Crippen LogP contribution in [0.1, 0.15) is 17.5 Å². The zero-order valence-electron chi connectivity index (χ0n) is 16.3. The number of benzene rings is 2. The molecule has 0 radical (unpaired) electrons. The minimum Gasteiger partial charge on any atom is -0.491 e. The average molecular weight is 391 g/mol. The number of allylic oxidation sites excluding steroid dienone is 1. The van der Waals surface area contributed by atoms with Gasteiger partial charge in [-0.1, -0.05) is 30.3 Å². The van der Waals surface area contributed by atoms with Crippen molar-refractivity contribution in [2.24, 2.45) is 4.99 Å². The number of amides is 1. The Labute approximate surface area is 170 Å². The van der Waals surface area contributed by atoms with Crippen LogP contribution in [-0.4, -0.2) is 47.9 Å². The van der Waals surface area contributed by atoms with Gasteiger partial charge in [-0.3, -0.25) is 14.7 Å². The Balaban J connectivity index is 1.27. The van der Waals surface area contributed by atoms with E-state index in [9.17, 15) is 9.90 Å². The number of nitrogens with one attached hydrogen (secondary N) is 1. The molecule has 0 aliphatic carbocycles. The van der Waals surface area contributed by atoms with Crippen molar-refractivity contribution in [3.05, 3.63) is 71.4 Å². The molecule has 6 nitrogen and oxygen atoms in total. The van der Waals surface area contributed by atoms with E-state index >= 15 is 0 Å². The van der Waals surface area contributed by atoms with Gasteiger partial charge in [0.15, 0.2) is 0 Å². The first-order valence-corrected chi connectivity index (χ1v) is 9.91. The largest absolute Gasteiger partial charge is 0.491 e. The summed E-state index contributed by atoms with van der Waals surface area (Å²) in [6, 6.07) is 15.6. The lowest BCUT2D eigenvalue weighted by Crippen LogP contribution is -2.38. The van der Waals surface area contributed by atoms with Crippen molar-refractivity contribution in [3.63, 3.8) is 0 Å². The van der Waals surface area contributed by atoms with Crippen LogP contribution in [0.4, 0.5) is 5.69 Å². The number of nitrogens with zero attached hydrogens (tertiary/aromatic N) is 2. The molecule has 2 N–H and O–H groups in total. The van der Waals surface area contributed by atoms with E-state index in [1.165, 1.54) is 11.1 Å². The minimum atomic E-state index is -0.587. The summed E-state index contributed by atoms with van der Waals surface area (Å²) in [5.41, 5.74) is 3.79. The quantitative estimate of drug-likeness (QED) is 0.761. The van der Waals surface area contributed by atoms with Crippen LogP contribution < -0.4 is 10.1 Å². The fourth-order valence-electron chi connectivity index (χ4n) is 3.63. The Morgan fingerprint density at radius 2 is 2.07 bits per heavy atom. The van der Waals surface area contributed by atoms with Gasteiger partial charge in [0.25, 0.3) is 5.91 Å². The third-order valence-corrected chi connectivity index (χ3v) is 5.09. The number of aliphatic hydroxyl groups is 1. The van der Waals surface area contributed by atoms with Crippen molar-refractivity contribution < 1.29 is 14.6 Å². The van der Waals surface area contributed by atoms with Gasteiger partial charge in [-0.15, -0.1) is 0 Å². The van der Waals surface area contributed by atoms with Gasteiger partial charge in [0.2, 0.25) is 0 Å². The normalized spacial score (nSPS) is 16.8. The summed E-state index contributed by atoms with van der Waals surface area (Å²) in [5, 5.41) is 13.2. The second kappa shape index (κ2) is 9.03. The molecule has 1 atom stereocenters. The van der Waals surface area contributed by atoms with Crippen LogP contribution >= 0.6 is 0 Å². The van der Waals surface area contributed by atoms with Gasteiger partial charge < -0.3 is 15.2 Å². The number of aliphatic imine (C=N–C) groups is 1. The molecule has 0 saturated heterocycles. The lowest BCUT2D eigenvalue weighted by molar-refractivity contribution is -0.112. The molecule has 1 unspecified atom stereocenters. The average Bonchev–Trinajstić information content (AvgIpc) is 3.28. The van der Waals surface area contributed by atoms with Gasteiger partial charge in [-0.25, -0.2) is 0 Å². The van der Waals surface area contributed by atoms with E-state index in [-0.39, 0.29) is 12.5 Å². The lowest BCUT2D eigenvalue weighted by Gasteiger charge is -2.30. The van der Waals surface area contributed by atoms with Crippen LogP contribution in [0.25, 0.3) is 0 Å². The first-order valence-electron chi connectivity index (χ1n) is 9.91. The maximum absolute atomic E-state index is 12.1. The van der Waals surface area contributed by atoms with E-state index in [1.807, 2.05) is 12.1 Å². The molecule has 29 heavy (non-hydrogen) atoms. The molecule has 6 heteroatoms. The van der Waals surface area contributed by atoms with Crippen LogP contribution in [0.15, 0.2) is 65.3 Å². The predicted molar refractivity (Wildman–Crippen MR) is 113 cm³/mol. The molecule has 4 rings (SSSR count). The van der Waals surface area contributed by atoms with Crippen LogP contribution in [0.5, 0.6) is 5.75 Å². The second-order valence-electron chi connectivity index (χ2n) is 7.34. The zero-order valence-corrected chi connectivity index (χ0v) is 16.3. The molecule has 2 aliphatic rings. The molecule has 2 aromatic rings. The number of carbonyl (C=O) groups excluding carboxylic acids is 1. The Bertz CT molecular complexity index is 938. The van der Waals surface area contributed by atoms with Gasteiger partial charge in [-0.2, -0.15) is 0 Å². The van der Waals surface area contributed by atoms with Crippen LogP contribution in [-0.2, 0) is 17.8 Å². The SMILES string of the molecule is O=C(Nc1cccc(OCC(O)CN2CCc3ccccc3C2)c1)C1=CCC=N1. The van der Waals surface area contributed by atoms with Crippen LogP contribution in [0, 0.1) is 0 Å². The number of ether oxygens (including phenoxy) is 1. The number of anilines is 1. The van der Waals surface area contributed by atoms with Crippen molar-refractivity contribution >= 4 is 17.8 Å². The van der Waals surface area contributed by atoms with E-state index in [1.54, 1.807) is 24.4 Å². The number of hydrogen-bond acceptors (Lipinski definition) is 5. The first kappa shape index (κ1) is 19.4. The summed E-state index contributed by atoms with van der Waals surface area (Å²) >= 11 is 0. The standard InChI is InChI=1S/C23H25N3O3/c27-20(15-26-12-10-17-5-1-2-6-18(17)14-26)16-29-21-8-3-7-19(13-21)25-23(28)22-9-4-11-24-22/h1-3,5-9,11,13,20,27H,4,10,12,14-16H2,(H,25,28). The summed E-state index contributed by atoms with van der Waals surface area (Å²) in [7, 11) is 0. The number of aliphatic hydroxyl groups excluding tert-OH is 1. The minimum absolute atomic E-state index is 0.199. The number of rotatable bonds is 7. The van der Waals surface area contributed by atoms with Crippen molar-refractivity contribution in [2.75, 3.05) is 25.0 Å². The summed E-state index contributed by atoms with van der Waals surface area (Å²) in [6.45, 7) is 2.56. The Morgan fingerprint density at radius 1 is 1.21 bits per heavy atom. The van der Waals surface area contributed by atoms with E-state index in [0.29, 0.717) is 30.1 Å². The van der Waals surface area contributed by atoms with Crippen molar-refractivity contribution in [3.8, 4) is 5.75 Å². The second-order valence-corrected chi connectivity index (χ2v) is 7.34. The molecule has 2 aromatic carbocycles. The third kappa shape index (κ3) is 5.10. The third-order valence-electron chi connectivity index (χ3n) is 5.09. The Morgan fingerprint density at radius 3 is 2.90 bits per heavy atom. The van der Waals surface area contributed by atoms with Crippen molar-refractivity contribution in [1.29, 1.82) is 0 Å². The maximum atomic E-state index is 12.1. The molecule has 150 valence electrons. The monoisotopic (exact) mass is 391 g/mol. The number of hydrogen-bond donors (Lipinski definition) is 2. The molecule has 0 saturated carbocycles. The van der Waals surface area contributed by atoms with Crippen molar-refractivity contribution in [2.45, 2.75) is 25.5 Å². The smallest absolute Gasteiger partial charge is 0.273 e. The number of fused-ring (bicyclic) bond motifs is 1. The molecular weight excluding hydrogens is 366 g/mol. The molecule has 0 bridgehead atoms. The fourth-order valence-corrected chi connectivity index (χ4v) is 3.63. The summed E-state index contributed by atoms with van der Waals surface area (Å²) in [6.07, 6.45) is 4.59. The summed E-state index contributed by atoms with van der Waals surface area (Å²) in [5.74, 6) is 0.371. The molecule has 0 fully saturated rings. The van der Waals surface area contributed by atoms with E-state index < -0.39 is 6.10 Å². The van der Waals surface area contributed by atoms with Gasteiger partial charge in [0.1, 0.15) is 24.2 Å².